The topological polar surface area (TPSA) is 17.8 Å². The van der Waals surface area contributed by atoms with E-state index in [1.807, 2.05) is 72.8 Å². The van der Waals surface area contributed by atoms with Gasteiger partial charge in [0.05, 0.1) is 21.1 Å². The van der Waals surface area contributed by atoms with Crippen LogP contribution in [0.5, 0.6) is 0 Å². The Morgan fingerprint density at radius 3 is 2.37 bits per heavy atom. The predicted octanol–water partition coefficient (Wildman–Crippen LogP) is 7.22. The Morgan fingerprint density at radius 2 is 1.59 bits per heavy atom. The van der Waals surface area contributed by atoms with Gasteiger partial charge in [-0.3, -0.25) is 0 Å². The highest BCUT2D eigenvalue weighted by molar-refractivity contribution is 6.42. The molecule has 0 amide bonds. The molecule has 5 heteroatoms. The minimum Gasteiger partial charge on any atom is -0.320 e. The zero-order valence-electron chi connectivity index (χ0n) is 14.2. The molecule has 134 valence electrons. The molecule has 0 aliphatic rings. The number of hydrogen-bond donors (Lipinski definition) is 0. The number of aromatic nitrogens is 2. The van der Waals surface area contributed by atoms with Gasteiger partial charge in [-0.15, -0.1) is 0 Å². The highest BCUT2D eigenvalue weighted by Gasteiger charge is 2.10. The van der Waals surface area contributed by atoms with Crippen LogP contribution in [0.3, 0.4) is 0 Å². The van der Waals surface area contributed by atoms with Crippen LogP contribution in [0.2, 0.25) is 15.1 Å². The SMILES string of the molecule is Clc1ccc(/C=C/c2nc3ccccc3n2Cc2ccc(Cl)c(Cl)c2)cc1. The molecule has 0 saturated heterocycles. The molecule has 0 fully saturated rings. The van der Waals surface area contributed by atoms with Crippen molar-refractivity contribution in [3.05, 3.63) is 98.7 Å². The minimum absolute atomic E-state index is 0.553. The molecule has 0 saturated carbocycles. The molecule has 0 unspecified atom stereocenters. The van der Waals surface area contributed by atoms with Crippen molar-refractivity contribution >= 4 is 58.0 Å². The standard InChI is InChI=1S/C22H15Cl3N2/c23-17-9-5-15(6-10-17)8-12-22-26-20-3-1-2-4-21(20)27(22)14-16-7-11-18(24)19(25)13-16/h1-13H,14H2/b12-8+. The Hall–Kier alpha value is -2.26. The molecule has 0 bridgehead atoms. The van der Waals surface area contributed by atoms with Gasteiger partial charge in [-0.2, -0.15) is 0 Å². The van der Waals surface area contributed by atoms with Gasteiger partial charge in [0.1, 0.15) is 5.82 Å². The van der Waals surface area contributed by atoms with E-state index in [1.165, 1.54) is 0 Å². The van der Waals surface area contributed by atoms with Gasteiger partial charge in [-0.05, 0) is 53.6 Å². The number of imidazole rings is 1. The number of rotatable bonds is 4. The summed E-state index contributed by atoms with van der Waals surface area (Å²) in [5, 5.41) is 1.83. The first-order valence-corrected chi connectivity index (χ1v) is 9.56. The first kappa shape index (κ1) is 18.1. The maximum absolute atomic E-state index is 6.18. The lowest BCUT2D eigenvalue weighted by Gasteiger charge is -2.08. The highest BCUT2D eigenvalue weighted by Crippen LogP contribution is 2.25. The summed E-state index contributed by atoms with van der Waals surface area (Å²) in [7, 11) is 0. The van der Waals surface area contributed by atoms with Crippen molar-refractivity contribution in [2.45, 2.75) is 6.54 Å². The van der Waals surface area contributed by atoms with E-state index in [1.54, 1.807) is 0 Å². The Kier molecular flexibility index (Phi) is 5.22. The van der Waals surface area contributed by atoms with Crippen LogP contribution in [-0.4, -0.2) is 9.55 Å². The molecule has 0 aliphatic carbocycles. The van der Waals surface area contributed by atoms with Gasteiger partial charge in [0.15, 0.2) is 0 Å². The quantitative estimate of drug-likeness (QED) is 0.345. The average Bonchev–Trinajstić information content (AvgIpc) is 3.02. The lowest BCUT2D eigenvalue weighted by Crippen LogP contribution is -2.02. The second-order valence-electron chi connectivity index (χ2n) is 6.18. The number of halogens is 3. The van der Waals surface area contributed by atoms with E-state index in [9.17, 15) is 0 Å². The van der Waals surface area contributed by atoms with Crippen LogP contribution in [0.4, 0.5) is 0 Å². The summed E-state index contributed by atoms with van der Waals surface area (Å²) >= 11 is 18.2. The van der Waals surface area contributed by atoms with E-state index in [0.717, 1.165) is 33.0 Å². The molecule has 0 radical (unpaired) electrons. The van der Waals surface area contributed by atoms with E-state index in [2.05, 4.69) is 10.6 Å². The molecule has 3 aromatic carbocycles. The third kappa shape index (κ3) is 4.03. The van der Waals surface area contributed by atoms with Crippen molar-refractivity contribution in [3.8, 4) is 0 Å². The fourth-order valence-corrected chi connectivity index (χ4v) is 3.40. The zero-order chi connectivity index (χ0) is 18.8. The fraction of sp³-hybridized carbons (Fsp3) is 0.0455. The van der Waals surface area contributed by atoms with Crippen LogP contribution < -0.4 is 0 Å². The number of fused-ring (bicyclic) bond motifs is 1. The van der Waals surface area contributed by atoms with Gasteiger partial charge < -0.3 is 4.57 Å². The van der Waals surface area contributed by atoms with Crippen LogP contribution in [0.1, 0.15) is 17.0 Å². The lowest BCUT2D eigenvalue weighted by atomic mass is 10.2. The Bertz CT molecular complexity index is 1130. The van der Waals surface area contributed by atoms with E-state index >= 15 is 0 Å². The molecule has 1 aromatic heterocycles. The summed E-state index contributed by atoms with van der Waals surface area (Å²) in [6, 6.07) is 21.5. The first-order chi connectivity index (χ1) is 13.1. The fourth-order valence-electron chi connectivity index (χ4n) is 2.95. The maximum Gasteiger partial charge on any atom is 0.134 e. The van der Waals surface area contributed by atoms with Crippen molar-refractivity contribution in [2.75, 3.05) is 0 Å². The van der Waals surface area contributed by atoms with Gasteiger partial charge >= 0.3 is 0 Å². The average molecular weight is 414 g/mol. The van der Waals surface area contributed by atoms with Gasteiger partial charge in [0.25, 0.3) is 0 Å². The van der Waals surface area contributed by atoms with Crippen molar-refractivity contribution in [2.24, 2.45) is 0 Å². The molecular weight excluding hydrogens is 399 g/mol. The molecule has 4 aromatic rings. The molecule has 0 atom stereocenters. The summed E-state index contributed by atoms with van der Waals surface area (Å²) in [6.07, 6.45) is 4.05. The first-order valence-electron chi connectivity index (χ1n) is 8.43. The largest absolute Gasteiger partial charge is 0.320 e. The Morgan fingerprint density at radius 1 is 0.815 bits per heavy atom. The third-order valence-corrected chi connectivity index (χ3v) is 5.29. The summed E-state index contributed by atoms with van der Waals surface area (Å²) < 4.78 is 2.17. The van der Waals surface area contributed by atoms with Crippen LogP contribution >= 0.6 is 34.8 Å². The molecule has 0 aliphatic heterocycles. The van der Waals surface area contributed by atoms with Crippen LogP contribution in [-0.2, 0) is 6.54 Å². The molecule has 1 heterocycles. The number of benzene rings is 3. The lowest BCUT2D eigenvalue weighted by molar-refractivity contribution is 0.814. The van der Waals surface area contributed by atoms with Gasteiger partial charge in [-0.1, -0.05) is 71.2 Å². The molecule has 27 heavy (non-hydrogen) atoms. The summed E-state index contributed by atoms with van der Waals surface area (Å²) in [5.74, 6) is 0.872. The molecular formula is C22H15Cl3N2. The minimum atomic E-state index is 0.553. The maximum atomic E-state index is 6.18. The zero-order valence-corrected chi connectivity index (χ0v) is 16.5. The van der Waals surface area contributed by atoms with Gasteiger partial charge in [0.2, 0.25) is 0 Å². The van der Waals surface area contributed by atoms with Gasteiger partial charge in [-0.25, -0.2) is 4.98 Å². The van der Waals surface area contributed by atoms with Crippen molar-refractivity contribution in [1.82, 2.24) is 9.55 Å². The normalized spacial score (nSPS) is 11.5. The van der Waals surface area contributed by atoms with Crippen LogP contribution in [0, 0.1) is 0 Å². The number of nitrogens with zero attached hydrogens (tertiary/aromatic N) is 2. The van der Waals surface area contributed by atoms with Crippen molar-refractivity contribution in [1.29, 1.82) is 0 Å². The van der Waals surface area contributed by atoms with Crippen LogP contribution in [0.25, 0.3) is 23.2 Å². The van der Waals surface area contributed by atoms with E-state index in [-0.39, 0.29) is 0 Å². The Labute approximate surface area is 172 Å². The molecule has 0 spiro atoms. The second kappa shape index (κ2) is 7.77. The smallest absolute Gasteiger partial charge is 0.134 e. The Balaban J connectivity index is 1.74. The van der Waals surface area contributed by atoms with E-state index < -0.39 is 0 Å². The summed E-state index contributed by atoms with van der Waals surface area (Å²) in [4.78, 5) is 4.77. The number of hydrogen-bond acceptors (Lipinski definition) is 1. The molecule has 0 N–H and O–H groups in total. The summed E-state index contributed by atoms with van der Waals surface area (Å²) in [5.41, 5.74) is 4.15. The van der Waals surface area contributed by atoms with Crippen molar-refractivity contribution < 1.29 is 0 Å². The number of para-hydroxylation sites is 2. The van der Waals surface area contributed by atoms with Gasteiger partial charge in [0, 0.05) is 11.6 Å². The monoisotopic (exact) mass is 412 g/mol. The second-order valence-corrected chi connectivity index (χ2v) is 7.43. The van der Waals surface area contributed by atoms with E-state index in [0.29, 0.717) is 16.6 Å². The van der Waals surface area contributed by atoms with Crippen LogP contribution in [0.15, 0.2) is 66.7 Å². The third-order valence-electron chi connectivity index (χ3n) is 4.30. The predicted molar refractivity (Wildman–Crippen MR) is 116 cm³/mol. The molecule has 2 nitrogen and oxygen atoms in total. The summed E-state index contributed by atoms with van der Waals surface area (Å²) in [6.45, 7) is 0.650. The van der Waals surface area contributed by atoms with E-state index in [4.69, 9.17) is 39.8 Å². The van der Waals surface area contributed by atoms with Crippen molar-refractivity contribution in [3.63, 3.8) is 0 Å². The highest BCUT2D eigenvalue weighted by atomic mass is 35.5. The molecule has 4 rings (SSSR count).